The van der Waals surface area contributed by atoms with Gasteiger partial charge in [0, 0.05) is 11.3 Å². The number of nitrogens with one attached hydrogen (secondary N) is 1. The van der Waals surface area contributed by atoms with Crippen molar-refractivity contribution in [1.82, 2.24) is 0 Å². The third kappa shape index (κ3) is 3.88. The van der Waals surface area contributed by atoms with Crippen molar-refractivity contribution in [1.29, 1.82) is 0 Å². The van der Waals surface area contributed by atoms with Crippen LogP contribution in [0, 0.1) is 6.92 Å². The summed E-state index contributed by atoms with van der Waals surface area (Å²) in [6, 6.07) is 12.7. The maximum absolute atomic E-state index is 5.47. The lowest BCUT2D eigenvalue weighted by Crippen LogP contribution is -3.13. The first-order valence-corrected chi connectivity index (χ1v) is 9.09. The largest absolute Gasteiger partial charge is 0.493 e. The Morgan fingerprint density at radius 3 is 2.08 bits per heavy atom. The highest BCUT2D eigenvalue weighted by Crippen LogP contribution is 2.38. The molecule has 0 radical (unpaired) electrons. The molecule has 0 atom stereocenters. The fourth-order valence-corrected chi connectivity index (χ4v) is 3.68. The maximum atomic E-state index is 5.47. The standard InChI is InChI=1S/C21H28N2O3/c1-16-7-5-6-8-18(16)23-11-9-22(10-12-23)15-17-13-19(24-2)21(26-4)20(14-17)25-3/h5-8,13-14H,9-12,15H2,1-4H3/p+1. The minimum absolute atomic E-state index is 0.651. The minimum Gasteiger partial charge on any atom is -0.493 e. The Morgan fingerprint density at radius 2 is 1.54 bits per heavy atom. The SMILES string of the molecule is COc1cc(C[NH+]2CCN(c3ccccc3C)CC2)cc(OC)c1OC. The molecule has 0 aliphatic carbocycles. The molecule has 0 unspecified atom stereocenters. The highest BCUT2D eigenvalue weighted by Gasteiger charge is 2.22. The van der Waals surface area contributed by atoms with Gasteiger partial charge in [-0.25, -0.2) is 0 Å². The highest BCUT2D eigenvalue weighted by molar-refractivity contribution is 5.54. The number of methoxy groups -OCH3 is 3. The van der Waals surface area contributed by atoms with Gasteiger partial charge in [0.1, 0.15) is 6.54 Å². The Bertz CT molecular complexity index is 715. The molecule has 0 amide bonds. The number of anilines is 1. The summed E-state index contributed by atoms with van der Waals surface area (Å²) in [6.07, 6.45) is 0. The van der Waals surface area contributed by atoms with Crippen LogP contribution in [-0.4, -0.2) is 47.5 Å². The first-order valence-electron chi connectivity index (χ1n) is 9.09. The maximum Gasteiger partial charge on any atom is 0.203 e. The molecule has 0 spiro atoms. The average Bonchev–Trinajstić information content (AvgIpc) is 2.68. The molecule has 0 bridgehead atoms. The van der Waals surface area contributed by atoms with Gasteiger partial charge in [-0.3, -0.25) is 0 Å². The van der Waals surface area contributed by atoms with Gasteiger partial charge in [0.25, 0.3) is 0 Å². The molecule has 5 heteroatoms. The Hall–Kier alpha value is -2.40. The topological polar surface area (TPSA) is 35.4 Å². The fraction of sp³-hybridized carbons (Fsp3) is 0.429. The molecule has 0 aromatic heterocycles. The van der Waals surface area contributed by atoms with E-state index in [4.69, 9.17) is 14.2 Å². The molecular formula is C21H29N2O3+. The predicted octanol–water partition coefficient (Wildman–Crippen LogP) is 1.93. The normalized spacial score (nSPS) is 15.0. The van der Waals surface area contributed by atoms with Crippen LogP contribution in [0.25, 0.3) is 0 Å². The van der Waals surface area contributed by atoms with Crippen molar-refractivity contribution in [3.8, 4) is 17.2 Å². The van der Waals surface area contributed by atoms with Gasteiger partial charge in [0.15, 0.2) is 11.5 Å². The summed E-state index contributed by atoms with van der Waals surface area (Å²) in [7, 11) is 4.96. The summed E-state index contributed by atoms with van der Waals surface area (Å²) in [5.74, 6) is 2.10. The van der Waals surface area contributed by atoms with Gasteiger partial charge in [0.05, 0.1) is 47.5 Å². The lowest BCUT2D eigenvalue weighted by atomic mass is 10.1. The molecular weight excluding hydrogens is 328 g/mol. The van der Waals surface area contributed by atoms with Crippen molar-refractivity contribution >= 4 is 5.69 Å². The third-order valence-corrected chi connectivity index (χ3v) is 5.11. The summed E-state index contributed by atoms with van der Waals surface area (Å²) in [5, 5.41) is 0. The van der Waals surface area contributed by atoms with Gasteiger partial charge in [-0.15, -0.1) is 0 Å². The fourth-order valence-electron chi connectivity index (χ4n) is 3.68. The first-order chi connectivity index (χ1) is 12.7. The van der Waals surface area contributed by atoms with Gasteiger partial charge < -0.3 is 24.0 Å². The van der Waals surface area contributed by atoms with E-state index in [1.54, 1.807) is 26.2 Å². The monoisotopic (exact) mass is 357 g/mol. The molecule has 1 heterocycles. The summed E-state index contributed by atoms with van der Waals surface area (Å²) >= 11 is 0. The zero-order chi connectivity index (χ0) is 18.5. The number of benzene rings is 2. The van der Waals surface area contributed by atoms with E-state index < -0.39 is 0 Å². The first kappa shape index (κ1) is 18.4. The van der Waals surface area contributed by atoms with Crippen LogP contribution < -0.4 is 24.0 Å². The molecule has 3 rings (SSSR count). The van der Waals surface area contributed by atoms with Crippen molar-refractivity contribution in [2.24, 2.45) is 0 Å². The number of hydrogen-bond acceptors (Lipinski definition) is 4. The third-order valence-electron chi connectivity index (χ3n) is 5.11. The molecule has 26 heavy (non-hydrogen) atoms. The molecule has 2 aromatic carbocycles. The van der Waals surface area contributed by atoms with E-state index in [-0.39, 0.29) is 0 Å². The van der Waals surface area contributed by atoms with Crippen LogP contribution in [0.4, 0.5) is 5.69 Å². The van der Waals surface area contributed by atoms with Crippen LogP contribution in [0.15, 0.2) is 36.4 Å². The number of aryl methyl sites for hydroxylation is 1. The van der Waals surface area contributed by atoms with E-state index in [2.05, 4.69) is 48.2 Å². The molecule has 1 fully saturated rings. The lowest BCUT2D eigenvalue weighted by Gasteiger charge is -2.34. The van der Waals surface area contributed by atoms with E-state index in [1.165, 1.54) is 16.8 Å². The van der Waals surface area contributed by atoms with Crippen LogP contribution >= 0.6 is 0 Å². The quantitative estimate of drug-likeness (QED) is 0.857. The Morgan fingerprint density at radius 1 is 0.923 bits per heavy atom. The predicted molar refractivity (Wildman–Crippen MR) is 104 cm³/mol. The zero-order valence-electron chi connectivity index (χ0n) is 16.2. The number of quaternary nitrogens is 1. The second-order valence-electron chi connectivity index (χ2n) is 6.73. The molecule has 0 saturated carbocycles. The lowest BCUT2D eigenvalue weighted by molar-refractivity contribution is -0.914. The van der Waals surface area contributed by atoms with Crippen LogP contribution in [0.3, 0.4) is 0 Å². The average molecular weight is 357 g/mol. The van der Waals surface area contributed by atoms with Crippen LogP contribution in [0.5, 0.6) is 17.2 Å². The smallest absolute Gasteiger partial charge is 0.203 e. The van der Waals surface area contributed by atoms with Crippen molar-refractivity contribution in [3.05, 3.63) is 47.5 Å². The van der Waals surface area contributed by atoms with E-state index in [0.29, 0.717) is 5.75 Å². The van der Waals surface area contributed by atoms with Crippen molar-refractivity contribution < 1.29 is 19.1 Å². The van der Waals surface area contributed by atoms with Crippen LogP contribution in [0.1, 0.15) is 11.1 Å². The van der Waals surface area contributed by atoms with Gasteiger partial charge in [-0.05, 0) is 30.7 Å². The van der Waals surface area contributed by atoms with Crippen molar-refractivity contribution in [3.63, 3.8) is 0 Å². The number of rotatable bonds is 6. The molecule has 1 aliphatic heterocycles. The van der Waals surface area contributed by atoms with E-state index in [9.17, 15) is 0 Å². The zero-order valence-corrected chi connectivity index (χ0v) is 16.2. The highest BCUT2D eigenvalue weighted by atomic mass is 16.5. The van der Waals surface area contributed by atoms with Gasteiger partial charge in [-0.2, -0.15) is 0 Å². The number of para-hydroxylation sites is 1. The second-order valence-corrected chi connectivity index (χ2v) is 6.73. The number of hydrogen-bond donors (Lipinski definition) is 1. The molecule has 1 N–H and O–H groups in total. The molecule has 140 valence electrons. The van der Waals surface area contributed by atoms with Crippen molar-refractivity contribution in [2.45, 2.75) is 13.5 Å². The van der Waals surface area contributed by atoms with E-state index in [0.717, 1.165) is 44.2 Å². The van der Waals surface area contributed by atoms with Crippen molar-refractivity contribution in [2.75, 3.05) is 52.4 Å². The van der Waals surface area contributed by atoms with Gasteiger partial charge in [0.2, 0.25) is 5.75 Å². The second kappa shape index (κ2) is 8.32. The summed E-state index contributed by atoms with van der Waals surface area (Å²) < 4.78 is 16.4. The number of nitrogens with zero attached hydrogens (tertiary/aromatic N) is 1. The summed E-state index contributed by atoms with van der Waals surface area (Å²) in [6.45, 7) is 7.52. The van der Waals surface area contributed by atoms with Gasteiger partial charge >= 0.3 is 0 Å². The van der Waals surface area contributed by atoms with Crippen LogP contribution in [0.2, 0.25) is 0 Å². The molecule has 1 saturated heterocycles. The molecule has 5 nitrogen and oxygen atoms in total. The van der Waals surface area contributed by atoms with E-state index in [1.807, 2.05) is 0 Å². The number of piperazine rings is 1. The Labute approximate surface area is 156 Å². The number of ether oxygens (including phenoxy) is 3. The molecule has 1 aliphatic rings. The van der Waals surface area contributed by atoms with Crippen LogP contribution in [-0.2, 0) is 6.54 Å². The summed E-state index contributed by atoms with van der Waals surface area (Å²) in [5.41, 5.74) is 3.92. The molecule has 2 aromatic rings. The van der Waals surface area contributed by atoms with E-state index >= 15 is 0 Å². The summed E-state index contributed by atoms with van der Waals surface area (Å²) in [4.78, 5) is 4.07. The van der Waals surface area contributed by atoms with Gasteiger partial charge in [-0.1, -0.05) is 18.2 Å². The Balaban J connectivity index is 1.67. The Kier molecular flexibility index (Phi) is 5.89. The minimum atomic E-state index is 0.651.